The van der Waals surface area contributed by atoms with Crippen LogP contribution in [0.25, 0.3) is 0 Å². The molecule has 0 bridgehead atoms. The van der Waals surface area contributed by atoms with Gasteiger partial charge in [0.2, 0.25) is 0 Å². The molecule has 0 saturated heterocycles. The summed E-state index contributed by atoms with van der Waals surface area (Å²) in [5, 5.41) is 0. The van der Waals surface area contributed by atoms with Gasteiger partial charge in [0, 0.05) is 29.8 Å². The first kappa shape index (κ1) is 20.6. The SMILES string of the molecule is C=CCc1cc(C(=O)N(CC)Cc2cccc3c2OCCO3)cc(OC)c1OC. The minimum atomic E-state index is -0.0897. The van der Waals surface area contributed by atoms with Crippen molar-refractivity contribution < 1.29 is 23.7 Å². The minimum absolute atomic E-state index is 0.0897. The van der Waals surface area contributed by atoms with Gasteiger partial charge in [-0.25, -0.2) is 0 Å². The van der Waals surface area contributed by atoms with Crippen LogP contribution in [0.2, 0.25) is 0 Å². The quantitative estimate of drug-likeness (QED) is 0.633. The first-order chi connectivity index (χ1) is 14.1. The number of fused-ring (bicyclic) bond motifs is 1. The van der Waals surface area contributed by atoms with Crippen molar-refractivity contribution in [2.75, 3.05) is 34.0 Å². The number of nitrogens with zero attached hydrogens (tertiary/aromatic N) is 1. The van der Waals surface area contributed by atoms with Gasteiger partial charge < -0.3 is 23.8 Å². The molecular formula is C23H27NO5. The number of benzene rings is 2. The van der Waals surface area contributed by atoms with Crippen molar-refractivity contribution in [2.45, 2.75) is 19.9 Å². The van der Waals surface area contributed by atoms with E-state index in [9.17, 15) is 4.79 Å². The zero-order valence-electron chi connectivity index (χ0n) is 17.2. The summed E-state index contributed by atoms with van der Waals surface area (Å²) < 4.78 is 22.4. The van der Waals surface area contributed by atoms with E-state index in [0.29, 0.717) is 55.5 Å². The summed E-state index contributed by atoms with van der Waals surface area (Å²) in [5.41, 5.74) is 2.32. The lowest BCUT2D eigenvalue weighted by Gasteiger charge is -2.26. The summed E-state index contributed by atoms with van der Waals surface area (Å²) in [6, 6.07) is 9.32. The number of allylic oxidation sites excluding steroid dienone is 1. The molecule has 1 aliphatic heterocycles. The van der Waals surface area contributed by atoms with Gasteiger partial charge in [0.1, 0.15) is 13.2 Å². The van der Waals surface area contributed by atoms with E-state index in [1.807, 2.05) is 31.2 Å². The molecule has 0 saturated carbocycles. The Morgan fingerprint density at radius 1 is 1.17 bits per heavy atom. The highest BCUT2D eigenvalue weighted by atomic mass is 16.6. The Morgan fingerprint density at radius 2 is 1.97 bits per heavy atom. The Labute approximate surface area is 171 Å². The van der Waals surface area contributed by atoms with Gasteiger partial charge in [-0.2, -0.15) is 0 Å². The van der Waals surface area contributed by atoms with Crippen molar-refractivity contribution in [1.29, 1.82) is 0 Å². The van der Waals surface area contributed by atoms with Gasteiger partial charge in [0.25, 0.3) is 5.91 Å². The van der Waals surface area contributed by atoms with Crippen molar-refractivity contribution in [2.24, 2.45) is 0 Å². The molecule has 154 valence electrons. The standard InChI is InChI=1S/C23H27NO5/c1-5-8-16-13-18(14-20(26-3)21(16)27-4)23(25)24(6-2)15-17-9-7-10-19-22(17)29-12-11-28-19/h5,7,9-10,13-14H,1,6,8,11-12,15H2,2-4H3. The fourth-order valence-corrected chi connectivity index (χ4v) is 3.45. The first-order valence-corrected chi connectivity index (χ1v) is 9.65. The highest BCUT2D eigenvalue weighted by Gasteiger charge is 2.22. The van der Waals surface area contributed by atoms with E-state index in [0.717, 1.165) is 16.9 Å². The highest BCUT2D eigenvalue weighted by molar-refractivity contribution is 5.95. The number of para-hydroxylation sites is 1. The van der Waals surface area contributed by atoms with Gasteiger partial charge in [0.15, 0.2) is 23.0 Å². The van der Waals surface area contributed by atoms with Crippen molar-refractivity contribution in [3.05, 3.63) is 59.7 Å². The van der Waals surface area contributed by atoms with Crippen LogP contribution in [0.3, 0.4) is 0 Å². The van der Waals surface area contributed by atoms with Crippen molar-refractivity contribution in [3.8, 4) is 23.0 Å². The maximum Gasteiger partial charge on any atom is 0.254 e. The molecule has 2 aromatic rings. The average molecular weight is 397 g/mol. The van der Waals surface area contributed by atoms with E-state index in [1.54, 1.807) is 31.3 Å². The van der Waals surface area contributed by atoms with E-state index in [-0.39, 0.29) is 5.91 Å². The Hall–Kier alpha value is -3.15. The monoisotopic (exact) mass is 397 g/mol. The Morgan fingerprint density at radius 3 is 2.66 bits per heavy atom. The zero-order chi connectivity index (χ0) is 20.8. The zero-order valence-corrected chi connectivity index (χ0v) is 17.2. The maximum atomic E-state index is 13.3. The Bertz CT molecular complexity index is 893. The summed E-state index contributed by atoms with van der Waals surface area (Å²) in [4.78, 5) is 15.1. The van der Waals surface area contributed by atoms with E-state index in [1.165, 1.54) is 0 Å². The molecule has 6 nitrogen and oxygen atoms in total. The third kappa shape index (κ3) is 4.31. The van der Waals surface area contributed by atoms with Crippen LogP contribution in [-0.2, 0) is 13.0 Å². The van der Waals surface area contributed by atoms with E-state index < -0.39 is 0 Å². The topological polar surface area (TPSA) is 57.2 Å². The molecule has 0 aliphatic carbocycles. The van der Waals surface area contributed by atoms with Crippen LogP contribution in [0.1, 0.15) is 28.4 Å². The third-order valence-electron chi connectivity index (χ3n) is 4.84. The molecule has 6 heteroatoms. The van der Waals surface area contributed by atoms with Gasteiger partial charge in [-0.05, 0) is 31.5 Å². The van der Waals surface area contributed by atoms with Gasteiger partial charge >= 0.3 is 0 Å². The van der Waals surface area contributed by atoms with Crippen LogP contribution < -0.4 is 18.9 Å². The molecule has 0 spiro atoms. The van der Waals surface area contributed by atoms with Crippen molar-refractivity contribution >= 4 is 5.91 Å². The molecular weight excluding hydrogens is 370 g/mol. The lowest BCUT2D eigenvalue weighted by atomic mass is 10.0. The smallest absolute Gasteiger partial charge is 0.254 e. The molecule has 3 rings (SSSR count). The molecule has 2 aromatic carbocycles. The number of hydrogen-bond acceptors (Lipinski definition) is 5. The van der Waals surface area contributed by atoms with Crippen LogP contribution in [0.15, 0.2) is 43.0 Å². The molecule has 1 aliphatic rings. The Kier molecular flexibility index (Phi) is 6.65. The summed E-state index contributed by atoms with van der Waals surface area (Å²) >= 11 is 0. The molecule has 0 aromatic heterocycles. The van der Waals surface area contributed by atoms with Crippen LogP contribution >= 0.6 is 0 Å². The fourth-order valence-electron chi connectivity index (χ4n) is 3.45. The Balaban J connectivity index is 1.92. The molecule has 0 unspecified atom stereocenters. The molecule has 1 heterocycles. The number of carbonyl (C=O) groups excluding carboxylic acids is 1. The van der Waals surface area contributed by atoms with Crippen molar-refractivity contribution in [1.82, 2.24) is 4.90 Å². The normalized spacial score (nSPS) is 12.2. The molecule has 0 fully saturated rings. The van der Waals surface area contributed by atoms with E-state index >= 15 is 0 Å². The number of carbonyl (C=O) groups is 1. The summed E-state index contributed by atoms with van der Waals surface area (Å²) in [5.74, 6) is 2.49. The first-order valence-electron chi connectivity index (χ1n) is 9.65. The molecule has 0 atom stereocenters. The second-order valence-corrected chi connectivity index (χ2v) is 6.62. The number of hydrogen-bond donors (Lipinski definition) is 0. The van der Waals surface area contributed by atoms with Crippen LogP contribution in [0.4, 0.5) is 0 Å². The number of methoxy groups -OCH3 is 2. The van der Waals surface area contributed by atoms with Crippen LogP contribution in [0.5, 0.6) is 23.0 Å². The average Bonchev–Trinajstić information content (AvgIpc) is 2.76. The summed E-state index contributed by atoms with van der Waals surface area (Å²) in [6.07, 6.45) is 2.35. The predicted molar refractivity (Wildman–Crippen MR) is 111 cm³/mol. The summed E-state index contributed by atoms with van der Waals surface area (Å²) in [6.45, 7) is 7.76. The lowest BCUT2D eigenvalue weighted by molar-refractivity contribution is 0.0748. The number of rotatable bonds is 8. The lowest BCUT2D eigenvalue weighted by Crippen LogP contribution is -2.31. The number of amides is 1. The van der Waals surface area contributed by atoms with Crippen LogP contribution in [-0.4, -0.2) is 44.8 Å². The minimum Gasteiger partial charge on any atom is -0.493 e. The van der Waals surface area contributed by atoms with Gasteiger partial charge in [0.05, 0.1) is 14.2 Å². The van der Waals surface area contributed by atoms with Gasteiger partial charge in [-0.15, -0.1) is 6.58 Å². The van der Waals surface area contributed by atoms with E-state index in [4.69, 9.17) is 18.9 Å². The molecule has 1 amide bonds. The van der Waals surface area contributed by atoms with Gasteiger partial charge in [-0.1, -0.05) is 18.2 Å². The van der Waals surface area contributed by atoms with Crippen molar-refractivity contribution in [3.63, 3.8) is 0 Å². The van der Waals surface area contributed by atoms with Crippen LogP contribution in [0, 0.1) is 0 Å². The second kappa shape index (κ2) is 9.37. The molecule has 29 heavy (non-hydrogen) atoms. The maximum absolute atomic E-state index is 13.3. The van der Waals surface area contributed by atoms with E-state index in [2.05, 4.69) is 6.58 Å². The largest absolute Gasteiger partial charge is 0.493 e. The summed E-state index contributed by atoms with van der Waals surface area (Å²) in [7, 11) is 3.15. The molecule has 0 radical (unpaired) electrons. The molecule has 0 N–H and O–H groups in total. The predicted octanol–water partition coefficient (Wildman–Crippen LogP) is 3.87. The highest BCUT2D eigenvalue weighted by Crippen LogP contribution is 2.36. The van der Waals surface area contributed by atoms with Gasteiger partial charge in [-0.3, -0.25) is 4.79 Å². The second-order valence-electron chi connectivity index (χ2n) is 6.62. The fraction of sp³-hybridized carbons (Fsp3) is 0.348. The third-order valence-corrected chi connectivity index (χ3v) is 4.84. The number of ether oxygens (including phenoxy) is 4.